The number of hydrogen-bond donors (Lipinski definition) is 3. The zero-order valence-corrected chi connectivity index (χ0v) is 21.7. The first-order valence-electron chi connectivity index (χ1n) is 11.9. The Balaban J connectivity index is 1.72. The van der Waals surface area contributed by atoms with Gasteiger partial charge in [-0.3, -0.25) is 9.59 Å². The molecule has 0 aliphatic heterocycles. The lowest BCUT2D eigenvalue weighted by atomic mass is 9.81. The molecular weight excluding hydrogens is 455 g/mol. The Morgan fingerprint density at radius 3 is 2.44 bits per heavy atom. The van der Waals surface area contributed by atoms with Crippen molar-refractivity contribution in [2.75, 3.05) is 19.4 Å². The van der Waals surface area contributed by atoms with Crippen LogP contribution < -0.4 is 16.2 Å². The maximum absolute atomic E-state index is 14.2. The first-order valence-corrected chi connectivity index (χ1v) is 12.3. The van der Waals surface area contributed by atoms with Gasteiger partial charge in [0, 0.05) is 40.5 Å². The number of aromatic nitrogens is 1. The van der Waals surface area contributed by atoms with E-state index in [9.17, 15) is 14.0 Å². The molecule has 1 aliphatic rings. The fourth-order valence-electron chi connectivity index (χ4n) is 4.91. The van der Waals surface area contributed by atoms with Crippen LogP contribution in [0.25, 0.3) is 0 Å². The summed E-state index contributed by atoms with van der Waals surface area (Å²) < 4.78 is 14.2. The lowest BCUT2D eigenvalue weighted by molar-refractivity contribution is 0.0950. The van der Waals surface area contributed by atoms with Crippen LogP contribution in [0.3, 0.4) is 0 Å². The second-order valence-corrected chi connectivity index (χ2v) is 10.2. The maximum atomic E-state index is 14.2. The smallest absolute Gasteiger partial charge is 0.253 e. The highest BCUT2D eigenvalue weighted by atomic mass is 35.5. The second kappa shape index (κ2) is 10.9. The van der Waals surface area contributed by atoms with Crippen LogP contribution in [0.4, 0.5) is 10.1 Å². The molecule has 0 bridgehead atoms. The van der Waals surface area contributed by atoms with Gasteiger partial charge in [0.25, 0.3) is 11.5 Å². The van der Waals surface area contributed by atoms with E-state index in [1.807, 2.05) is 13.0 Å². The molecule has 1 unspecified atom stereocenters. The lowest BCUT2D eigenvalue weighted by Crippen LogP contribution is -2.36. The van der Waals surface area contributed by atoms with E-state index in [2.05, 4.69) is 41.5 Å². The van der Waals surface area contributed by atoms with Gasteiger partial charge in [0.1, 0.15) is 5.82 Å². The van der Waals surface area contributed by atoms with Crippen LogP contribution >= 0.6 is 11.6 Å². The number of carbonyl (C=O) groups is 1. The molecule has 1 saturated carbocycles. The van der Waals surface area contributed by atoms with Gasteiger partial charge >= 0.3 is 0 Å². The molecule has 0 saturated heterocycles. The monoisotopic (exact) mass is 490 g/mol. The first-order chi connectivity index (χ1) is 16.0. The number of rotatable bonds is 7. The van der Waals surface area contributed by atoms with Gasteiger partial charge in [-0.15, -0.1) is 0 Å². The molecule has 186 valence electrons. The van der Waals surface area contributed by atoms with Gasteiger partial charge in [0.15, 0.2) is 0 Å². The fourth-order valence-corrected chi connectivity index (χ4v) is 5.13. The Morgan fingerprint density at radius 1 is 1.18 bits per heavy atom. The molecular formula is C26H36ClFN4O2. The van der Waals surface area contributed by atoms with E-state index < -0.39 is 11.4 Å². The van der Waals surface area contributed by atoms with E-state index >= 15 is 0 Å². The Labute approximate surface area is 206 Å². The number of aromatic amines is 1. The van der Waals surface area contributed by atoms with Gasteiger partial charge in [0.05, 0.1) is 5.69 Å². The van der Waals surface area contributed by atoms with Gasteiger partial charge in [0.2, 0.25) is 0 Å². The average molecular weight is 491 g/mol. The highest BCUT2D eigenvalue weighted by molar-refractivity contribution is 6.31. The number of hydrogen-bond acceptors (Lipinski definition) is 4. The molecule has 8 heteroatoms. The van der Waals surface area contributed by atoms with E-state index in [4.69, 9.17) is 11.6 Å². The van der Waals surface area contributed by atoms with E-state index in [1.165, 1.54) is 19.8 Å². The Kier molecular flexibility index (Phi) is 8.42. The molecule has 2 aromatic rings. The molecule has 0 radical (unpaired) electrons. The number of aryl methyl sites for hydroxylation is 1. The number of halogens is 2. The number of anilines is 1. The highest BCUT2D eigenvalue weighted by Gasteiger charge is 2.27. The minimum Gasteiger partial charge on any atom is -0.382 e. The third kappa shape index (κ3) is 5.81. The Bertz CT molecular complexity index is 1110. The highest BCUT2D eigenvalue weighted by Crippen LogP contribution is 2.32. The summed E-state index contributed by atoms with van der Waals surface area (Å²) in [7, 11) is 4.28. The normalized spacial score (nSPS) is 19.2. The minimum atomic E-state index is -0.470. The van der Waals surface area contributed by atoms with Gasteiger partial charge < -0.3 is 20.5 Å². The molecule has 3 N–H and O–H groups in total. The van der Waals surface area contributed by atoms with Crippen LogP contribution in [0.15, 0.2) is 16.9 Å². The fraction of sp³-hybridized carbons (Fsp3) is 0.538. The molecule has 1 fully saturated rings. The average Bonchev–Trinajstić information content (AvgIpc) is 2.79. The van der Waals surface area contributed by atoms with Crippen molar-refractivity contribution in [2.45, 2.75) is 72.0 Å². The number of amides is 1. The predicted molar refractivity (Wildman–Crippen MR) is 136 cm³/mol. The zero-order valence-electron chi connectivity index (χ0n) is 20.9. The van der Waals surface area contributed by atoms with E-state index in [0.29, 0.717) is 22.5 Å². The summed E-state index contributed by atoms with van der Waals surface area (Å²) in [5.74, 6) is -0.275. The van der Waals surface area contributed by atoms with Gasteiger partial charge in [-0.25, -0.2) is 4.39 Å². The molecule has 1 amide bonds. The Morgan fingerprint density at radius 2 is 1.82 bits per heavy atom. The molecule has 1 atom stereocenters. The van der Waals surface area contributed by atoms with E-state index in [1.54, 1.807) is 13.0 Å². The van der Waals surface area contributed by atoms with Crippen molar-refractivity contribution >= 4 is 23.2 Å². The Hall–Kier alpha value is -2.38. The largest absolute Gasteiger partial charge is 0.382 e. The predicted octanol–water partition coefficient (Wildman–Crippen LogP) is 4.94. The van der Waals surface area contributed by atoms with Crippen LogP contribution in [0.1, 0.15) is 65.3 Å². The van der Waals surface area contributed by atoms with Crippen molar-refractivity contribution in [1.82, 2.24) is 15.2 Å². The zero-order chi connectivity index (χ0) is 25.2. The standard InChI is InChI=1S/C26H36ClFN4O2/c1-14-21(25(33)29-13-22-15(2)24(28)17(4)31-26(22)34)11-19(27)12-23(14)30-16(3)18-7-9-20(10-8-18)32(5)6/h11-12,16,18,20,30H,7-10,13H2,1-6H3,(H,29,33)(H,31,34)/t16?,18-,20-. The van der Waals surface area contributed by atoms with E-state index in [-0.39, 0.29) is 35.3 Å². The SMILES string of the molecule is Cc1[nH]c(=O)c(CNC(=O)c2cc(Cl)cc(NC(C)[C@H]3CC[C@H](N(C)C)CC3)c2C)c(C)c1F. The van der Waals surface area contributed by atoms with Crippen LogP contribution in [-0.2, 0) is 6.54 Å². The van der Waals surface area contributed by atoms with Crippen molar-refractivity contribution in [1.29, 1.82) is 0 Å². The number of nitrogens with one attached hydrogen (secondary N) is 3. The van der Waals surface area contributed by atoms with Crippen molar-refractivity contribution < 1.29 is 9.18 Å². The third-order valence-corrected chi connectivity index (χ3v) is 7.51. The molecule has 34 heavy (non-hydrogen) atoms. The quantitative estimate of drug-likeness (QED) is 0.513. The maximum Gasteiger partial charge on any atom is 0.253 e. The van der Waals surface area contributed by atoms with Gasteiger partial charge in [-0.2, -0.15) is 0 Å². The van der Waals surface area contributed by atoms with Gasteiger partial charge in [-0.1, -0.05) is 11.6 Å². The first kappa shape index (κ1) is 26.2. The van der Waals surface area contributed by atoms with Crippen LogP contribution in [0, 0.1) is 32.5 Å². The summed E-state index contributed by atoms with van der Waals surface area (Å²) in [6.07, 6.45) is 4.68. The molecule has 6 nitrogen and oxygen atoms in total. The van der Waals surface area contributed by atoms with Gasteiger partial charge in [-0.05, 0) is 96.7 Å². The van der Waals surface area contributed by atoms with Crippen LogP contribution in [0.2, 0.25) is 5.02 Å². The van der Waals surface area contributed by atoms with Crippen LogP contribution in [0.5, 0.6) is 0 Å². The molecule has 3 rings (SSSR count). The summed E-state index contributed by atoms with van der Waals surface area (Å²) in [6, 6.07) is 4.36. The van der Waals surface area contributed by atoms with Crippen molar-refractivity contribution in [3.8, 4) is 0 Å². The number of pyridine rings is 1. The number of H-pyrrole nitrogens is 1. The number of benzene rings is 1. The summed E-state index contributed by atoms with van der Waals surface area (Å²) >= 11 is 6.36. The molecule has 1 aromatic carbocycles. The molecule has 0 spiro atoms. The number of carbonyl (C=O) groups excluding carboxylic acids is 1. The summed E-state index contributed by atoms with van der Waals surface area (Å²) in [6.45, 7) is 7.04. The minimum absolute atomic E-state index is 0.0720. The third-order valence-electron chi connectivity index (χ3n) is 7.29. The van der Waals surface area contributed by atoms with Crippen molar-refractivity contribution in [3.63, 3.8) is 0 Å². The summed E-state index contributed by atoms with van der Waals surface area (Å²) in [5.41, 5.74) is 2.27. The lowest BCUT2D eigenvalue weighted by Gasteiger charge is -2.36. The summed E-state index contributed by atoms with van der Waals surface area (Å²) in [4.78, 5) is 30.0. The molecule has 1 aliphatic carbocycles. The van der Waals surface area contributed by atoms with Crippen molar-refractivity contribution in [3.05, 3.63) is 61.3 Å². The topological polar surface area (TPSA) is 77.2 Å². The van der Waals surface area contributed by atoms with E-state index in [0.717, 1.165) is 24.1 Å². The second-order valence-electron chi connectivity index (χ2n) is 9.77. The van der Waals surface area contributed by atoms with Crippen molar-refractivity contribution in [2.24, 2.45) is 5.92 Å². The summed E-state index contributed by atoms with van der Waals surface area (Å²) in [5, 5.41) is 6.79. The number of nitrogens with zero attached hydrogens (tertiary/aromatic N) is 1. The molecule has 1 heterocycles. The van der Waals surface area contributed by atoms with Crippen LogP contribution in [-0.4, -0.2) is 42.0 Å². The molecule has 1 aromatic heterocycles.